The van der Waals surface area contributed by atoms with E-state index in [-0.39, 0.29) is 5.25 Å². The lowest BCUT2D eigenvalue weighted by molar-refractivity contribution is 0.816. The monoisotopic (exact) mass is 399 g/mol. The van der Waals surface area contributed by atoms with Crippen LogP contribution in [0.2, 0.25) is 0 Å². The number of benzene rings is 2. The maximum absolute atomic E-state index is 5.08. The van der Waals surface area contributed by atoms with Crippen LogP contribution in [-0.4, -0.2) is 24.6 Å². The van der Waals surface area contributed by atoms with Gasteiger partial charge in [-0.1, -0.05) is 53.2 Å². The van der Waals surface area contributed by atoms with Crippen LogP contribution in [0.4, 0.5) is 0 Å². The third-order valence-corrected chi connectivity index (χ3v) is 6.19. The molecule has 5 rings (SSSR count). The molecule has 3 heterocycles. The Morgan fingerprint density at radius 2 is 1.76 bits per heavy atom. The normalized spacial score (nSPS) is 12.7. The molecule has 1 N–H and O–H groups in total. The van der Waals surface area contributed by atoms with Gasteiger partial charge in [0.1, 0.15) is 5.82 Å². The van der Waals surface area contributed by atoms with Crippen molar-refractivity contribution in [1.82, 2.24) is 24.6 Å². The van der Waals surface area contributed by atoms with E-state index in [2.05, 4.69) is 72.3 Å². The lowest BCUT2D eigenvalue weighted by Crippen LogP contribution is -2.09. The smallest absolute Gasteiger partial charge is 0.166 e. The Morgan fingerprint density at radius 1 is 0.966 bits per heavy atom. The number of imidazole rings is 1. The molecule has 0 saturated carbocycles. The summed E-state index contributed by atoms with van der Waals surface area (Å²) >= 11 is 1.65. The molecule has 2 aromatic carbocycles. The minimum absolute atomic E-state index is 0.0470. The van der Waals surface area contributed by atoms with E-state index in [4.69, 9.17) is 10.1 Å². The topological polar surface area (TPSA) is 58.9 Å². The summed E-state index contributed by atoms with van der Waals surface area (Å²) in [6.07, 6.45) is 3.62. The molecule has 1 unspecified atom stereocenters. The Hall–Kier alpha value is -3.12. The summed E-state index contributed by atoms with van der Waals surface area (Å²) in [5, 5.41) is 6.73. The summed E-state index contributed by atoms with van der Waals surface area (Å²) in [6, 6.07) is 17.1. The molecule has 0 aliphatic heterocycles. The quantitative estimate of drug-likeness (QED) is 0.410. The molecule has 0 radical (unpaired) electrons. The second-order valence-corrected chi connectivity index (χ2v) is 8.47. The molecule has 3 aromatic heterocycles. The van der Waals surface area contributed by atoms with Gasteiger partial charge in [0.05, 0.1) is 22.0 Å². The predicted molar refractivity (Wildman–Crippen MR) is 117 cm³/mol. The summed E-state index contributed by atoms with van der Waals surface area (Å²) in [5.41, 5.74) is 6.67. The molecule has 5 aromatic rings. The number of rotatable bonds is 4. The average Bonchev–Trinajstić information content (AvgIpc) is 3.36. The van der Waals surface area contributed by atoms with E-state index in [1.54, 1.807) is 18.0 Å². The van der Waals surface area contributed by atoms with Crippen LogP contribution >= 0.6 is 11.8 Å². The van der Waals surface area contributed by atoms with E-state index in [9.17, 15) is 0 Å². The Kier molecular flexibility index (Phi) is 4.36. The lowest BCUT2D eigenvalue weighted by atomic mass is 10.1. The minimum Gasteiger partial charge on any atom is -0.340 e. The molecular weight excluding hydrogens is 378 g/mol. The molecule has 0 fully saturated rings. The fraction of sp³-hybridized carbons (Fsp3) is 0.174. The third kappa shape index (κ3) is 3.29. The zero-order valence-corrected chi connectivity index (χ0v) is 17.4. The van der Waals surface area contributed by atoms with Crippen LogP contribution in [0.15, 0.2) is 66.1 Å². The molecule has 5 nitrogen and oxygen atoms in total. The Bertz CT molecular complexity index is 1300. The summed E-state index contributed by atoms with van der Waals surface area (Å²) in [5.74, 6) is 0.898. The number of aromatic amines is 1. The van der Waals surface area contributed by atoms with Crippen molar-refractivity contribution in [2.24, 2.45) is 0 Å². The van der Waals surface area contributed by atoms with Gasteiger partial charge in [0.25, 0.3) is 0 Å². The summed E-state index contributed by atoms with van der Waals surface area (Å²) in [6.45, 7) is 6.23. The number of nitrogens with one attached hydrogen (secondary N) is 1. The number of H-pyrrole nitrogens is 1. The molecule has 29 heavy (non-hydrogen) atoms. The number of hydrogen-bond donors (Lipinski definition) is 1. The second-order valence-electron chi connectivity index (χ2n) is 7.38. The summed E-state index contributed by atoms with van der Waals surface area (Å²) in [7, 11) is 0. The molecule has 6 heteroatoms. The highest BCUT2D eigenvalue weighted by Crippen LogP contribution is 2.39. The van der Waals surface area contributed by atoms with E-state index in [1.807, 2.05) is 17.6 Å². The van der Waals surface area contributed by atoms with Gasteiger partial charge in [0, 0.05) is 17.8 Å². The van der Waals surface area contributed by atoms with Crippen molar-refractivity contribution in [2.75, 3.05) is 0 Å². The molecule has 0 bridgehead atoms. The highest BCUT2D eigenvalue weighted by atomic mass is 32.2. The number of hydrogen-bond acceptors (Lipinski definition) is 4. The molecule has 1 atom stereocenters. The summed E-state index contributed by atoms with van der Waals surface area (Å²) in [4.78, 5) is 12.7. The zero-order chi connectivity index (χ0) is 20.0. The van der Waals surface area contributed by atoms with Crippen LogP contribution in [0.25, 0.3) is 16.4 Å². The van der Waals surface area contributed by atoms with Crippen LogP contribution in [0, 0.1) is 20.8 Å². The Labute approximate surface area is 173 Å². The van der Waals surface area contributed by atoms with Gasteiger partial charge in [-0.2, -0.15) is 5.10 Å². The Morgan fingerprint density at radius 3 is 2.52 bits per heavy atom. The van der Waals surface area contributed by atoms with Crippen molar-refractivity contribution in [2.45, 2.75) is 31.2 Å². The van der Waals surface area contributed by atoms with Gasteiger partial charge in [-0.15, -0.1) is 0 Å². The highest BCUT2D eigenvalue weighted by molar-refractivity contribution is 7.99. The maximum Gasteiger partial charge on any atom is 0.166 e. The fourth-order valence-electron chi connectivity index (χ4n) is 3.60. The van der Waals surface area contributed by atoms with Gasteiger partial charge in [-0.25, -0.2) is 14.5 Å². The van der Waals surface area contributed by atoms with Crippen molar-refractivity contribution in [1.29, 1.82) is 0 Å². The maximum atomic E-state index is 5.08. The van der Waals surface area contributed by atoms with Crippen LogP contribution < -0.4 is 0 Å². The first-order valence-electron chi connectivity index (χ1n) is 9.58. The van der Waals surface area contributed by atoms with Gasteiger partial charge >= 0.3 is 0 Å². The SMILES string of the molecule is Cc1ccc(C(Sc2ncc[nH]2)c2nc3ccc(C)cc3c3cc(C)nn23)cc1. The largest absolute Gasteiger partial charge is 0.340 e. The number of aryl methyl sites for hydroxylation is 3. The first-order valence-corrected chi connectivity index (χ1v) is 10.5. The van der Waals surface area contributed by atoms with Crippen LogP contribution in [0.1, 0.15) is 33.5 Å². The van der Waals surface area contributed by atoms with Crippen molar-refractivity contribution in [3.05, 3.63) is 89.1 Å². The van der Waals surface area contributed by atoms with Crippen molar-refractivity contribution < 1.29 is 0 Å². The van der Waals surface area contributed by atoms with Crippen molar-refractivity contribution in [3.8, 4) is 0 Å². The number of aromatic nitrogens is 5. The number of fused-ring (bicyclic) bond motifs is 3. The third-order valence-electron chi connectivity index (χ3n) is 5.03. The van der Waals surface area contributed by atoms with Gasteiger partial charge in [-0.05, 0) is 44.5 Å². The van der Waals surface area contributed by atoms with Crippen molar-refractivity contribution in [3.63, 3.8) is 0 Å². The lowest BCUT2D eigenvalue weighted by Gasteiger charge is -2.18. The molecule has 0 spiro atoms. The van der Waals surface area contributed by atoms with E-state index in [0.29, 0.717) is 0 Å². The van der Waals surface area contributed by atoms with Gasteiger partial charge in [-0.3, -0.25) is 0 Å². The first-order chi connectivity index (χ1) is 14.1. The van der Waals surface area contributed by atoms with E-state index in [0.717, 1.165) is 33.1 Å². The van der Waals surface area contributed by atoms with Gasteiger partial charge < -0.3 is 4.98 Å². The van der Waals surface area contributed by atoms with Crippen LogP contribution in [0.5, 0.6) is 0 Å². The zero-order valence-electron chi connectivity index (χ0n) is 16.5. The fourth-order valence-corrected chi connectivity index (χ4v) is 4.63. The molecule has 0 amide bonds. The van der Waals surface area contributed by atoms with E-state index in [1.165, 1.54) is 16.7 Å². The van der Waals surface area contributed by atoms with Crippen LogP contribution in [-0.2, 0) is 0 Å². The summed E-state index contributed by atoms with van der Waals surface area (Å²) < 4.78 is 2.00. The predicted octanol–water partition coefficient (Wildman–Crippen LogP) is 5.41. The number of nitrogens with zero attached hydrogens (tertiary/aromatic N) is 4. The number of thioether (sulfide) groups is 1. The molecular formula is C23H21N5S. The van der Waals surface area contributed by atoms with Gasteiger partial charge in [0.2, 0.25) is 0 Å². The molecule has 0 aliphatic rings. The van der Waals surface area contributed by atoms with E-state index < -0.39 is 0 Å². The average molecular weight is 400 g/mol. The standard InChI is InChI=1S/C23H21N5S/c1-14-4-7-17(8-5-14)21(29-23-24-10-11-25-23)22-26-19-9-6-15(2)12-18(19)20-13-16(3)27-28(20)22/h4-13,21H,1-3H3,(H,24,25). The molecule has 0 saturated heterocycles. The van der Waals surface area contributed by atoms with Gasteiger partial charge in [0.15, 0.2) is 5.16 Å². The highest BCUT2D eigenvalue weighted by Gasteiger charge is 2.24. The van der Waals surface area contributed by atoms with Crippen molar-refractivity contribution >= 4 is 28.2 Å². The Balaban J connectivity index is 1.77. The molecule has 144 valence electrons. The van der Waals surface area contributed by atoms with Crippen LogP contribution in [0.3, 0.4) is 0 Å². The first kappa shape index (κ1) is 17.9. The van der Waals surface area contributed by atoms with E-state index >= 15 is 0 Å². The second kappa shape index (κ2) is 7.04. The molecule has 0 aliphatic carbocycles. The minimum atomic E-state index is -0.0470.